The summed E-state index contributed by atoms with van der Waals surface area (Å²) in [5.74, 6) is 0.863. The molecule has 1 aromatic carbocycles. The summed E-state index contributed by atoms with van der Waals surface area (Å²) in [7, 11) is 0. The van der Waals surface area contributed by atoms with Gasteiger partial charge in [-0.15, -0.1) is 0 Å². The molecule has 0 N–H and O–H groups in total. The molecule has 0 spiro atoms. The Morgan fingerprint density at radius 2 is 2.04 bits per heavy atom. The van der Waals surface area contributed by atoms with Gasteiger partial charge >= 0.3 is 0 Å². The molecule has 27 heavy (non-hydrogen) atoms. The van der Waals surface area contributed by atoms with Gasteiger partial charge in [0.2, 0.25) is 5.91 Å². The van der Waals surface area contributed by atoms with Gasteiger partial charge in [-0.05, 0) is 62.7 Å². The average Bonchev–Trinajstić information content (AvgIpc) is 2.68. The molecule has 2 atom stereocenters. The molecule has 0 radical (unpaired) electrons. The first-order valence-corrected chi connectivity index (χ1v) is 10.5. The van der Waals surface area contributed by atoms with E-state index >= 15 is 0 Å². The molecule has 3 nitrogen and oxygen atoms in total. The summed E-state index contributed by atoms with van der Waals surface area (Å²) in [5, 5.41) is 0. The molecule has 0 aromatic heterocycles. The molecule has 2 unspecified atom stereocenters. The molecule has 0 saturated carbocycles. The summed E-state index contributed by atoms with van der Waals surface area (Å²) >= 11 is 0. The van der Waals surface area contributed by atoms with Gasteiger partial charge in [0.1, 0.15) is 0 Å². The molecule has 146 valence electrons. The largest absolute Gasteiger partial charge is 0.309 e. The van der Waals surface area contributed by atoms with Crippen molar-refractivity contribution >= 4 is 5.91 Å². The van der Waals surface area contributed by atoms with Crippen LogP contribution in [0.2, 0.25) is 0 Å². The number of hydrogen-bond donors (Lipinski definition) is 0. The van der Waals surface area contributed by atoms with Gasteiger partial charge in [0, 0.05) is 37.8 Å². The molecular weight excluding hydrogens is 332 g/mol. The lowest BCUT2D eigenvalue weighted by molar-refractivity contribution is -0.134. The summed E-state index contributed by atoms with van der Waals surface area (Å²) in [5.41, 5.74) is 3.94. The van der Waals surface area contributed by atoms with Gasteiger partial charge in [0.25, 0.3) is 0 Å². The zero-order chi connectivity index (χ0) is 19.2. The van der Waals surface area contributed by atoms with Crippen LogP contribution in [-0.2, 0) is 11.2 Å². The highest BCUT2D eigenvalue weighted by molar-refractivity contribution is 5.79. The second-order valence-electron chi connectivity index (χ2n) is 8.04. The summed E-state index contributed by atoms with van der Waals surface area (Å²) < 4.78 is 0. The third kappa shape index (κ3) is 4.70. The van der Waals surface area contributed by atoms with E-state index in [1.807, 2.05) is 6.92 Å². The lowest BCUT2D eigenvalue weighted by Crippen LogP contribution is -2.54. The Hall–Kier alpha value is -1.87. The summed E-state index contributed by atoms with van der Waals surface area (Å²) in [6.07, 6.45) is 9.08. The van der Waals surface area contributed by atoms with Crippen LogP contribution in [0.15, 0.2) is 53.8 Å². The molecular formula is C24H34N2O. The first-order valence-electron chi connectivity index (χ1n) is 10.5. The number of allylic oxidation sites excluding steroid dienone is 3. The van der Waals surface area contributed by atoms with Gasteiger partial charge in [-0.1, -0.05) is 43.3 Å². The second-order valence-corrected chi connectivity index (χ2v) is 8.04. The van der Waals surface area contributed by atoms with Gasteiger partial charge in [0.15, 0.2) is 0 Å². The number of amides is 1. The lowest BCUT2D eigenvalue weighted by atomic mass is 9.81. The van der Waals surface area contributed by atoms with E-state index < -0.39 is 0 Å². The topological polar surface area (TPSA) is 23.6 Å². The summed E-state index contributed by atoms with van der Waals surface area (Å²) in [4.78, 5) is 17.7. The quantitative estimate of drug-likeness (QED) is 0.722. The van der Waals surface area contributed by atoms with Crippen molar-refractivity contribution in [2.45, 2.75) is 58.9 Å². The van der Waals surface area contributed by atoms with Crippen LogP contribution in [0.25, 0.3) is 0 Å². The fraction of sp³-hybridized carbons (Fsp3) is 0.542. The predicted molar refractivity (Wildman–Crippen MR) is 112 cm³/mol. The zero-order valence-corrected chi connectivity index (χ0v) is 17.2. The molecule has 0 aliphatic carbocycles. The molecule has 2 aliphatic rings. The number of carbonyl (C=O) groups excluding carboxylic acids is 1. The highest BCUT2D eigenvalue weighted by Crippen LogP contribution is 2.37. The van der Waals surface area contributed by atoms with Gasteiger partial charge in [0.05, 0.1) is 0 Å². The van der Waals surface area contributed by atoms with Crippen molar-refractivity contribution in [2.75, 3.05) is 19.6 Å². The van der Waals surface area contributed by atoms with Crippen molar-refractivity contribution in [1.29, 1.82) is 0 Å². The Labute approximate surface area is 164 Å². The Morgan fingerprint density at radius 1 is 1.26 bits per heavy atom. The van der Waals surface area contributed by atoms with Crippen LogP contribution in [0.4, 0.5) is 0 Å². The molecule has 2 aliphatic heterocycles. The van der Waals surface area contributed by atoms with Crippen LogP contribution < -0.4 is 0 Å². The monoisotopic (exact) mass is 366 g/mol. The van der Waals surface area contributed by atoms with E-state index in [4.69, 9.17) is 0 Å². The van der Waals surface area contributed by atoms with Crippen LogP contribution >= 0.6 is 0 Å². The van der Waals surface area contributed by atoms with E-state index in [0.29, 0.717) is 24.3 Å². The highest BCUT2D eigenvalue weighted by atomic mass is 16.2. The first kappa shape index (κ1) is 19.9. The Bertz CT molecular complexity index is 692. The number of likely N-dealkylation sites (tertiary alicyclic amines) is 1. The number of fused-ring (bicyclic) bond motifs is 1. The third-order valence-electron chi connectivity index (χ3n) is 5.99. The van der Waals surface area contributed by atoms with Crippen LogP contribution in [0, 0.1) is 5.92 Å². The van der Waals surface area contributed by atoms with Crippen molar-refractivity contribution in [3.05, 3.63) is 59.3 Å². The molecule has 3 rings (SSSR count). The minimum absolute atomic E-state index is 0.303. The highest BCUT2D eigenvalue weighted by Gasteiger charge is 2.39. The van der Waals surface area contributed by atoms with E-state index in [0.717, 1.165) is 51.0 Å². The van der Waals surface area contributed by atoms with Crippen LogP contribution in [0.3, 0.4) is 0 Å². The van der Waals surface area contributed by atoms with Crippen molar-refractivity contribution in [1.82, 2.24) is 9.80 Å². The molecule has 1 aromatic rings. The minimum atomic E-state index is 0.303. The fourth-order valence-electron chi connectivity index (χ4n) is 4.69. The van der Waals surface area contributed by atoms with Crippen molar-refractivity contribution < 1.29 is 4.79 Å². The van der Waals surface area contributed by atoms with Gasteiger partial charge < -0.3 is 9.80 Å². The smallest absolute Gasteiger partial charge is 0.227 e. The Balaban J connectivity index is 1.71. The number of benzene rings is 1. The first-order chi connectivity index (χ1) is 13.1. The van der Waals surface area contributed by atoms with Crippen molar-refractivity contribution in [3.63, 3.8) is 0 Å². The maximum Gasteiger partial charge on any atom is 0.227 e. The fourth-order valence-corrected chi connectivity index (χ4v) is 4.69. The summed E-state index contributed by atoms with van der Waals surface area (Å²) in [6.45, 7) is 9.65. The van der Waals surface area contributed by atoms with E-state index in [-0.39, 0.29) is 0 Å². The molecule has 2 heterocycles. The number of hydrogen-bond acceptors (Lipinski definition) is 2. The maximum absolute atomic E-state index is 12.9. The molecule has 0 bridgehead atoms. The number of rotatable bonds is 6. The number of nitrogens with zero attached hydrogens (tertiary/aromatic N) is 2. The lowest BCUT2D eigenvalue weighted by Gasteiger charge is -2.48. The minimum Gasteiger partial charge on any atom is -0.309 e. The van der Waals surface area contributed by atoms with Crippen LogP contribution in [0.1, 0.15) is 52.0 Å². The molecule has 3 heteroatoms. The average molecular weight is 367 g/mol. The van der Waals surface area contributed by atoms with Gasteiger partial charge in [-0.25, -0.2) is 0 Å². The third-order valence-corrected chi connectivity index (χ3v) is 5.99. The molecule has 1 amide bonds. The number of carbonyl (C=O) groups is 1. The molecule has 1 fully saturated rings. The SMILES string of the molecule is C/C=C\C1=C(C)CC2CN(CCc3ccccc3)CCC2N1C(=O)CCC. The van der Waals surface area contributed by atoms with Crippen LogP contribution in [-0.4, -0.2) is 41.4 Å². The summed E-state index contributed by atoms with van der Waals surface area (Å²) in [6, 6.07) is 11.1. The van der Waals surface area contributed by atoms with Gasteiger partial charge in [-0.2, -0.15) is 0 Å². The Kier molecular flexibility index (Phi) is 6.89. The van der Waals surface area contributed by atoms with Crippen LogP contribution in [0.5, 0.6) is 0 Å². The molecule has 1 saturated heterocycles. The van der Waals surface area contributed by atoms with E-state index in [9.17, 15) is 4.79 Å². The Morgan fingerprint density at radius 3 is 2.74 bits per heavy atom. The van der Waals surface area contributed by atoms with Crippen molar-refractivity contribution in [3.8, 4) is 0 Å². The normalized spacial score (nSPS) is 23.7. The van der Waals surface area contributed by atoms with Gasteiger partial charge in [-0.3, -0.25) is 4.79 Å². The van der Waals surface area contributed by atoms with E-state index in [2.05, 4.69) is 66.1 Å². The number of piperidine rings is 1. The van der Waals surface area contributed by atoms with Crippen molar-refractivity contribution in [2.24, 2.45) is 5.92 Å². The van der Waals surface area contributed by atoms with E-state index in [1.54, 1.807) is 0 Å². The predicted octanol–water partition coefficient (Wildman–Crippen LogP) is 4.80. The standard InChI is InChI=1S/C24H34N2O/c1-4-9-22-19(3)17-21-18-25(15-13-20-11-7-6-8-12-20)16-14-23(21)26(22)24(27)10-5-2/h4,6-9,11-12,21,23H,5,10,13-18H2,1-3H3/b9-4-. The second kappa shape index (κ2) is 9.36. The maximum atomic E-state index is 12.9. The zero-order valence-electron chi connectivity index (χ0n) is 17.2. The van der Waals surface area contributed by atoms with E-state index in [1.165, 1.54) is 11.1 Å².